The summed E-state index contributed by atoms with van der Waals surface area (Å²) < 4.78 is 4.94. The Morgan fingerprint density at radius 2 is 2.15 bits per heavy atom. The van der Waals surface area contributed by atoms with E-state index in [1.165, 1.54) is 0 Å². The molecule has 2 heterocycles. The van der Waals surface area contributed by atoms with Crippen LogP contribution in [0.15, 0.2) is 4.52 Å². The molecule has 0 amide bonds. The van der Waals surface area contributed by atoms with Crippen LogP contribution in [0.1, 0.15) is 24.6 Å². The topological polar surface area (TPSA) is 64.9 Å². The van der Waals surface area contributed by atoms with Crippen molar-refractivity contribution in [1.29, 1.82) is 0 Å². The Morgan fingerprint density at radius 1 is 1.46 bits per heavy atom. The van der Waals surface area contributed by atoms with Crippen molar-refractivity contribution < 1.29 is 4.52 Å². The number of aromatic nitrogens is 2. The molecule has 0 unspecified atom stereocenters. The zero-order valence-corrected chi connectivity index (χ0v) is 8.43. The average molecular weight is 199 g/mol. The van der Waals surface area contributed by atoms with Gasteiger partial charge in [0.15, 0.2) is 5.82 Å². The molecule has 0 aromatic carbocycles. The molecule has 2 rings (SSSR count). The molecule has 1 saturated heterocycles. The lowest BCUT2D eigenvalue weighted by Gasteiger charge is -2.29. The molecular weight excluding hydrogens is 186 g/mol. The first-order chi connectivity index (χ1) is 6.21. The van der Waals surface area contributed by atoms with Gasteiger partial charge in [0.25, 0.3) is 0 Å². The SMILES string of the molecule is Cc1nc(C2(N)CCSCC2)no1. The number of nitrogens with two attached hydrogens (primary N) is 1. The van der Waals surface area contributed by atoms with Crippen LogP contribution in [0.2, 0.25) is 0 Å². The Balaban J connectivity index is 2.22. The zero-order valence-electron chi connectivity index (χ0n) is 7.62. The molecule has 1 fully saturated rings. The summed E-state index contributed by atoms with van der Waals surface area (Å²) in [5, 5.41) is 3.89. The number of hydrogen-bond acceptors (Lipinski definition) is 5. The van der Waals surface area contributed by atoms with Crippen LogP contribution in [0.4, 0.5) is 0 Å². The summed E-state index contributed by atoms with van der Waals surface area (Å²) in [5.41, 5.74) is 5.85. The second-order valence-corrected chi connectivity index (χ2v) is 4.63. The summed E-state index contributed by atoms with van der Waals surface area (Å²) in [6, 6.07) is 0. The number of hydrogen-bond donors (Lipinski definition) is 1. The molecule has 0 atom stereocenters. The van der Waals surface area contributed by atoms with Crippen LogP contribution in [0.5, 0.6) is 0 Å². The van der Waals surface area contributed by atoms with E-state index in [2.05, 4.69) is 10.1 Å². The van der Waals surface area contributed by atoms with Crippen LogP contribution < -0.4 is 5.73 Å². The Bertz CT molecular complexity index is 293. The second-order valence-electron chi connectivity index (χ2n) is 3.41. The average Bonchev–Trinajstić information content (AvgIpc) is 2.54. The molecule has 1 aliphatic heterocycles. The summed E-state index contributed by atoms with van der Waals surface area (Å²) in [6.45, 7) is 1.79. The molecule has 0 aliphatic carbocycles. The molecule has 0 bridgehead atoms. The minimum atomic E-state index is -0.344. The van der Waals surface area contributed by atoms with E-state index in [9.17, 15) is 0 Å². The fraction of sp³-hybridized carbons (Fsp3) is 0.750. The highest BCUT2D eigenvalue weighted by molar-refractivity contribution is 7.99. The standard InChI is InChI=1S/C8H13N3OS/c1-6-10-7(11-12-6)8(9)2-4-13-5-3-8/h2-5,9H2,1H3. The highest BCUT2D eigenvalue weighted by Crippen LogP contribution is 2.31. The van der Waals surface area contributed by atoms with Crippen molar-refractivity contribution in [1.82, 2.24) is 10.1 Å². The maximum Gasteiger partial charge on any atom is 0.223 e. The number of rotatable bonds is 1. The molecule has 0 saturated carbocycles. The van der Waals surface area contributed by atoms with Crippen molar-refractivity contribution in [3.8, 4) is 0 Å². The summed E-state index contributed by atoms with van der Waals surface area (Å²) >= 11 is 1.93. The Labute approximate surface area is 81.3 Å². The Kier molecular flexibility index (Phi) is 2.29. The van der Waals surface area contributed by atoms with Crippen molar-refractivity contribution in [2.24, 2.45) is 5.73 Å². The van der Waals surface area contributed by atoms with Gasteiger partial charge in [-0.25, -0.2) is 0 Å². The van der Waals surface area contributed by atoms with Gasteiger partial charge in [-0.1, -0.05) is 5.16 Å². The van der Waals surface area contributed by atoms with Gasteiger partial charge in [-0.05, 0) is 24.3 Å². The van der Waals surface area contributed by atoms with Gasteiger partial charge >= 0.3 is 0 Å². The number of thioether (sulfide) groups is 1. The van der Waals surface area contributed by atoms with Crippen molar-refractivity contribution in [2.75, 3.05) is 11.5 Å². The van der Waals surface area contributed by atoms with E-state index >= 15 is 0 Å². The maximum atomic E-state index is 6.20. The van der Waals surface area contributed by atoms with E-state index in [1.54, 1.807) is 6.92 Å². The van der Waals surface area contributed by atoms with Gasteiger partial charge in [0.2, 0.25) is 5.89 Å². The molecule has 2 N–H and O–H groups in total. The fourth-order valence-electron chi connectivity index (χ4n) is 1.46. The largest absolute Gasteiger partial charge is 0.340 e. The van der Waals surface area contributed by atoms with Gasteiger partial charge in [-0.15, -0.1) is 0 Å². The second kappa shape index (κ2) is 3.31. The quantitative estimate of drug-likeness (QED) is 0.732. The third kappa shape index (κ3) is 1.71. The van der Waals surface area contributed by atoms with E-state index in [1.807, 2.05) is 11.8 Å². The fourth-order valence-corrected chi connectivity index (χ4v) is 2.68. The van der Waals surface area contributed by atoms with Crippen molar-refractivity contribution in [3.05, 3.63) is 11.7 Å². The number of nitrogens with zero attached hydrogens (tertiary/aromatic N) is 2. The molecule has 5 heteroatoms. The lowest BCUT2D eigenvalue weighted by Crippen LogP contribution is -2.41. The summed E-state index contributed by atoms with van der Waals surface area (Å²) in [6.07, 6.45) is 1.88. The predicted molar refractivity (Wildman–Crippen MR) is 51.5 cm³/mol. The van der Waals surface area contributed by atoms with E-state index in [4.69, 9.17) is 10.3 Å². The van der Waals surface area contributed by atoms with Gasteiger partial charge in [-0.2, -0.15) is 16.7 Å². The summed E-state index contributed by atoms with van der Waals surface area (Å²) in [5.74, 6) is 3.44. The zero-order chi connectivity index (χ0) is 9.31. The first-order valence-electron chi connectivity index (χ1n) is 4.38. The van der Waals surface area contributed by atoms with E-state index in [0.717, 1.165) is 24.3 Å². The molecule has 1 aromatic rings. The Morgan fingerprint density at radius 3 is 2.69 bits per heavy atom. The van der Waals surface area contributed by atoms with Crippen molar-refractivity contribution in [2.45, 2.75) is 25.3 Å². The molecule has 0 radical (unpaired) electrons. The van der Waals surface area contributed by atoms with Crippen LogP contribution in [0, 0.1) is 6.92 Å². The lowest BCUT2D eigenvalue weighted by molar-refractivity contribution is 0.339. The molecular formula is C8H13N3OS. The Hall–Kier alpha value is -0.550. The third-order valence-corrected chi connectivity index (χ3v) is 3.34. The van der Waals surface area contributed by atoms with Crippen LogP contribution in [-0.4, -0.2) is 21.6 Å². The molecule has 4 nitrogen and oxygen atoms in total. The number of aryl methyl sites for hydroxylation is 1. The summed E-state index contributed by atoms with van der Waals surface area (Å²) in [4.78, 5) is 4.19. The monoisotopic (exact) mass is 199 g/mol. The molecule has 0 spiro atoms. The van der Waals surface area contributed by atoms with Crippen LogP contribution in [-0.2, 0) is 5.54 Å². The molecule has 13 heavy (non-hydrogen) atoms. The van der Waals surface area contributed by atoms with Gasteiger partial charge in [-0.3, -0.25) is 0 Å². The third-order valence-electron chi connectivity index (χ3n) is 2.36. The first kappa shape index (κ1) is 9.02. The van der Waals surface area contributed by atoms with Crippen molar-refractivity contribution in [3.63, 3.8) is 0 Å². The normalized spacial score (nSPS) is 21.7. The maximum absolute atomic E-state index is 6.20. The van der Waals surface area contributed by atoms with Gasteiger partial charge in [0, 0.05) is 6.92 Å². The van der Waals surface area contributed by atoms with Crippen LogP contribution in [0.25, 0.3) is 0 Å². The predicted octanol–water partition coefficient (Wildman–Crippen LogP) is 1.06. The highest BCUT2D eigenvalue weighted by atomic mass is 32.2. The van der Waals surface area contributed by atoms with Crippen LogP contribution >= 0.6 is 11.8 Å². The van der Waals surface area contributed by atoms with Gasteiger partial charge < -0.3 is 10.3 Å². The van der Waals surface area contributed by atoms with Gasteiger partial charge in [0.05, 0.1) is 5.54 Å². The van der Waals surface area contributed by atoms with E-state index in [0.29, 0.717) is 11.7 Å². The summed E-state index contributed by atoms with van der Waals surface area (Å²) in [7, 11) is 0. The smallest absolute Gasteiger partial charge is 0.223 e. The molecule has 1 aliphatic rings. The molecule has 72 valence electrons. The van der Waals surface area contributed by atoms with E-state index < -0.39 is 0 Å². The van der Waals surface area contributed by atoms with Crippen LogP contribution in [0.3, 0.4) is 0 Å². The minimum absolute atomic E-state index is 0.344. The minimum Gasteiger partial charge on any atom is -0.340 e. The first-order valence-corrected chi connectivity index (χ1v) is 5.54. The highest BCUT2D eigenvalue weighted by Gasteiger charge is 2.34. The lowest BCUT2D eigenvalue weighted by atomic mass is 9.93. The van der Waals surface area contributed by atoms with Crippen molar-refractivity contribution >= 4 is 11.8 Å². The molecule has 1 aromatic heterocycles. The van der Waals surface area contributed by atoms with E-state index in [-0.39, 0.29) is 5.54 Å². The van der Waals surface area contributed by atoms with Gasteiger partial charge in [0.1, 0.15) is 0 Å².